The Kier molecular flexibility index (Phi) is 4.96. The number of hydrogen-bond acceptors (Lipinski definition) is 4. The van der Waals surface area contributed by atoms with Crippen LogP contribution in [0.2, 0.25) is 0 Å². The summed E-state index contributed by atoms with van der Waals surface area (Å²) in [6.07, 6.45) is 1.04. The van der Waals surface area contributed by atoms with Crippen LogP contribution in [0.4, 0.5) is 4.39 Å². The van der Waals surface area contributed by atoms with Crippen molar-refractivity contribution >= 4 is 11.8 Å². The van der Waals surface area contributed by atoms with Gasteiger partial charge in [0.2, 0.25) is 0 Å². The Balaban J connectivity index is 2.19. The number of carbonyl (C=O) groups is 2. The second kappa shape index (κ2) is 6.57. The maximum Gasteiger partial charge on any atom is 0.313 e. The van der Waals surface area contributed by atoms with Gasteiger partial charge in [-0.2, -0.15) is 0 Å². The van der Waals surface area contributed by atoms with E-state index in [1.807, 2.05) is 13.8 Å². The summed E-state index contributed by atoms with van der Waals surface area (Å²) in [5.41, 5.74) is 0.512. The zero-order chi connectivity index (χ0) is 16.3. The molecule has 1 aromatic carbocycles. The molecule has 1 aliphatic heterocycles. The van der Waals surface area contributed by atoms with Crippen LogP contribution in [0.3, 0.4) is 0 Å². The van der Waals surface area contributed by atoms with Crippen LogP contribution in [0.25, 0.3) is 0 Å². The summed E-state index contributed by atoms with van der Waals surface area (Å²) in [6, 6.07) is 4.27. The molecule has 1 heterocycles. The lowest BCUT2D eigenvalue weighted by molar-refractivity contribution is -0.177. The number of halogens is 1. The molecule has 0 amide bonds. The molecule has 120 valence electrons. The van der Waals surface area contributed by atoms with Crippen molar-refractivity contribution in [1.82, 2.24) is 0 Å². The van der Waals surface area contributed by atoms with Gasteiger partial charge < -0.3 is 9.84 Å². The number of rotatable bonds is 5. The molecule has 0 bridgehead atoms. The zero-order valence-corrected chi connectivity index (χ0v) is 12.9. The molecule has 2 rings (SSSR count). The lowest BCUT2D eigenvalue weighted by Gasteiger charge is -2.39. The molecule has 22 heavy (non-hydrogen) atoms. The van der Waals surface area contributed by atoms with Crippen LogP contribution >= 0.6 is 0 Å². The fourth-order valence-corrected chi connectivity index (χ4v) is 2.94. The van der Waals surface area contributed by atoms with Crippen LogP contribution in [0.5, 0.6) is 0 Å². The van der Waals surface area contributed by atoms with E-state index >= 15 is 0 Å². The number of cyclic esters (lactones) is 1. The third-order valence-corrected chi connectivity index (χ3v) is 4.36. The molecule has 0 radical (unpaired) electrons. The lowest BCUT2D eigenvalue weighted by atomic mass is 9.78. The van der Waals surface area contributed by atoms with Crippen molar-refractivity contribution < 1.29 is 23.8 Å². The Labute approximate surface area is 129 Å². The summed E-state index contributed by atoms with van der Waals surface area (Å²) < 4.78 is 18.7. The number of benzene rings is 1. The average molecular weight is 308 g/mol. The largest absolute Gasteiger partial charge is 0.458 e. The molecule has 4 nitrogen and oxygen atoms in total. The maximum absolute atomic E-state index is 13.2. The number of aryl methyl sites for hydroxylation is 1. The topological polar surface area (TPSA) is 63.6 Å². The molecule has 1 aromatic rings. The van der Waals surface area contributed by atoms with Crippen LogP contribution < -0.4 is 0 Å². The number of aliphatic hydroxyl groups excluding tert-OH is 1. The third-order valence-electron chi connectivity index (χ3n) is 4.36. The van der Waals surface area contributed by atoms with Gasteiger partial charge in [0.1, 0.15) is 23.6 Å². The van der Waals surface area contributed by atoms with Crippen molar-refractivity contribution in [3.8, 4) is 0 Å². The summed E-state index contributed by atoms with van der Waals surface area (Å²) in [6.45, 7) is 3.59. The quantitative estimate of drug-likeness (QED) is 0.671. The first kappa shape index (κ1) is 16.6. The first-order valence-electron chi connectivity index (χ1n) is 7.48. The number of carbonyl (C=O) groups excluding carboxylic acids is 2. The summed E-state index contributed by atoms with van der Waals surface area (Å²) in [7, 11) is 0. The second-order valence-electron chi connectivity index (χ2n) is 6.16. The number of Topliss-reactive ketones (excluding diaryl/α,β-unsaturated/α-hetero) is 1. The smallest absolute Gasteiger partial charge is 0.313 e. The van der Waals surface area contributed by atoms with Gasteiger partial charge in [-0.15, -0.1) is 0 Å². The normalized spacial score (nSPS) is 22.0. The molecule has 1 unspecified atom stereocenters. The predicted molar refractivity (Wildman–Crippen MR) is 78.5 cm³/mol. The van der Waals surface area contributed by atoms with Crippen molar-refractivity contribution in [1.29, 1.82) is 0 Å². The van der Waals surface area contributed by atoms with Gasteiger partial charge in [0, 0.05) is 6.42 Å². The van der Waals surface area contributed by atoms with Gasteiger partial charge in [-0.3, -0.25) is 9.59 Å². The number of esters is 1. The molecule has 0 aliphatic carbocycles. The van der Waals surface area contributed by atoms with Crippen molar-refractivity contribution in [3.05, 3.63) is 35.1 Å². The van der Waals surface area contributed by atoms with Crippen LogP contribution in [0.15, 0.2) is 18.2 Å². The van der Waals surface area contributed by atoms with Gasteiger partial charge in [-0.25, -0.2) is 4.39 Å². The monoisotopic (exact) mass is 308 g/mol. The highest BCUT2D eigenvalue weighted by molar-refractivity contribution is 5.98. The fourth-order valence-electron chi connectivity index (χ4n) is 2.94. The SMILES string of the molecule is CC(C)C1(CCc2ccc(F)cc2CO)CC(=O)CC(=O)O1. The first-order valence-corrected chi connectivity index (χ1v) is 7.48. The van der Waals surface area contributed by atoms with E-state index in [9.17, 15) is 19.1 Å². The summed E-state index contributed by atoms with van der Waals surface area (Å²) in [4.78, 5) is 23.4. The Hall–Kier alpha value is -1.75. The van der Waals surface area contributed by atoms with Crippen molar-refractivity contribution in [3.63, 3.8) is 0 Å². The number of aliphatic hydroxyl groups is 1. The molecule has 0 aromatic heterocycles. The van der Waals surface area contributed by atoms with Gasteiger partial charge in [0.05, 0.1) is 6.61 Å². The summed E-state index contributed by atoms with van der Waals surface area (Å²) in [5, 5.41) is 9.33. The van der Waals surface area contributed by atoms with Gasteiger partial charge in [0.15, 0.2) is 0 Å². The molecule has 1 aliphatic rings. The van der Waals surface area contributed by atoms with E-state index in [1.165, 1.54) is 12.1 Å². The fraction of sp³-hybridized carbons (Fsp3) is 0.529. The minimum Gasteiger partial charge on any atom is -0.458 e. The van der Waals surface area contributed by atoms with Crippen LogP contribution in [-0.2, 0) is 27.4 Å². The Bertz CT molecular complexity index is 564. The van der Waals surface area contributed by atoms with Gasteiger partial charge in [0.25, 0.3) is 0 Å². The number of ketones is 1. The molecule has 1 atom stereocenters. The zero-order valence-electron chi connectivity index (χ0n) is 12.9. The van der Waals surface area contributed by atoms with Gasteiger partial charge in [-0.1, -0.05) is 19.9 Å². The third kappa shape index (κ3) is 3.53. The standard InChI is InChI=1S/C17H21FO4/c1-11(2)17(9-15(20)8-16(21)22-17)6-5-12-3-4-14(18)7-13(12)10-19/h3-4,7,11,19H,5-6,8-10H2,1-2H3. The summed E-state index contributed by atoms with van der Waals surface area (Å²) in [5.74, 6) is -0.984. The molecule has 0 saturated carbocycles. The first-order chi connectivity index (χ1) is 10.4. The molecule has 1 fully saturated rings. The average Bonchev–Trinajstić information content (AvgIpc) is 2.44. The lowest BCUT2D eigenvalue weighted by Crippen LogP contribution is -2.47. The van der Waals surface area contributed by atoms with Gasteiger partial charge >= 0.3 is 5.97 Å². The van der Waals surface area contributed by atoms with E-state index < -0.39 is 17.4 Å². The van der Waals surface area contributed by atoms with Crippen LogP contribution in [-0.4, -0.2) is 22.5 Å². The Morgan fingerprint density at radius 2 is 2.05 bits per heavy atom. The Morgan fingerprint density at radius 3 is 2.64 bits per heavy atom. The molecule has 1 N–H and O–H groups in total. The minimum atomic E-state index is -0.812. The highest BCUT2D eigenvalue weighted by Crippen LogP contribution is 2.35. The van der Waals surface area contributed by atoms with E-state index in [0.717, 1.165) is 5.56 Å². The maximum atomic E-state index is 13.2. The molecule has 0 spiro atoms. The van der Waals surface area contributed by atoms with Crippen LogP contribution in [0, 0.1) is 11.7 Å². The van der Waals surface area contributed by atoms with E-state index in [1.54, 1.807) is 6.07 Å². The van der Waals surface area contributed by atoms with E-state index in [0.29, 0.717) is 18.4 Å². The predicted octanol–water partition coefficient (Wildman–Crippen LogP) is 2.55. The Morgan fingerprint density at radius 1 is 1.32 bits per heavy atom. The number of ether oxygens (including phenoxy) is 1. The second-order valence-corrected chi connectivity index (χ2v) is 6.16. The van der Waals surface area contributed by atoms with E-state index in [4.69, 9.17) is 4.74 Å². The van der Waals surface area contributed by atoms with Crippen molar-refractivity contribution in [2.45, 2.75) is 51.7 Å². The molecular weight excluding hydrogens is 287 g/mol. The minimum absolute atomic E-state index is 0.00118. The van der Waals surface area contributed by atoms with Crippen LogP contribution in [0.1, 0.15) is 44.2 Å². The van der Waals surface area contributed by atoms with Crippen molar-refractivity contribution in [2.24, 2.45) is 5.92 Å². The van der Waals surface area contributed by atoms with E-state index in [-0.39, 0.29) is 31.1 Å². The molecule has 5 heteroatoms. The van der Waals surface area contributed by atoms with Gasteiger partial charge in [-0.05, 0) is 42.0 Å². The number of hydrogen-bond donors (Lipinski definition) is 1. The molecule has 1 saturated heterocycles. The highest BCUT2D eigenvalue weighted by Gasteiger charge is 2.43. The highest BCUT2D eigenvalue weighted by atomic mass is 19.1. The summed E-state index contributed by atoms with van der Waals surface area (Å²) >= 11 is 0. The van der Waals surface area contributed by atoms with E-state index in [2.05, 4.69) is 0 Å². The molecular formula is C17H21FO4. The van der Waals surface area contributed by atoms with Crippen molar-refractivity contribution in [2.75, 3.05) is 0 Å².